The van der Waals surface area contributed by atoms with Gasteiger partial charge in [0.05, 0.1) is 0 Å². The number of Topliss-reactive ketones (excluding diaryl/α,β-unsaturated/α-hetero) is 1. The summed E-state index contributed by atoms with van der Waals surface area (Å²) >= 11 is 0. The number of hydrogen-bond donors (Lipinski definition) is 1. The Morgan fingerprint density at radius 1 is 1.06 bits per heavy atom. The van der Waals surface area contributed by atoms with Crippen LogP contribution in [-0.2, 0) is 9.59 Å². The molecule has 0 fully saturated rings. The van der Waals surface area contributed by atoms with Gasteiger partial charge < -0.3 is 5.32 Å². The molecule has 1 amide bonds. The topological polar surface area (TPSA) is 46.2 Å². The molecule has 1 unspecified atom stereocenters. The molecule has 3 nitrogen and oxygen atoms in total. The second-order valence-electron chi connectivity index (χ2n) is 4.66. The summed E-state index contributed by atoms with van der Waals surface area (Å²) in [7, 11) is 0. The molecule has 1 atom stereocenters. The van der Waals surface area contributed by atoms with Gasteiger partial charge >= 0.3 is 0 Å². The van der Waals surface area contributed by atoms with Gasteiger partial charge in [-0.25, -0.2) is 0 Å². The van der Waals surface area contributed by atoms with E-state index in [4.69, 9.17) is 0 Å². The van der Waals surface area contributed by atoms with Gasteiger partial charge in [0.1, 0.15) is 5.78 Å². The third-order valence-electron chi connectivity index (χ3n) is 3.14. The Morgan fingerprint density at radius 3 is 2.29 bits per heavy atom. The fourth-order valence-electron chi connectivity index (χ4n) is 1.55. The number of carbonyl (C=O) groups is 2. The number of ketones is 1. The van der Waals surface area contributed by atoms with Crippen molar-refractivity contribution in [3.05, 3.63) is 0 Å². The molecule has 0 heterocycles. The smallest absolute Gasteiger partial charge is 0.222 e. The van der Waals surface area contributed by atoms with Crippen LogP contribution in [0, 0.1) is 5.92 Å². The highest BCUT2D eigenvalue weighted by Gasteiger charge is 2.08. The number of nitrogens with one attached hydrogen (secondary N) is 1. The summed E-state index contributed by atoms with van der Waals surface area (Å²) < 4.78 is 0. The van der Waals surface area contributed by atoms with E-state index in [2.05, 4.69) is 5.32 Å². The Labute approximate surface area is 105 Å². The van der Waals surface area contributed by atoms with Crippen LogP contribution >= 0.6 is 0 Å². The second-order valence-corrected chi connectivity index (χ2v) is 4.66. The average Bonchev–Trinajstić information content (AvgIpc) is 2.35. The van der Waals surface area contributed by atoms with Crippen molar-refractivity contribution in [2.24, 2.45) is 5.92 Å². The summed E-state index contributed by atoms with van der Waals surface area (Å²) in [6.45, 7) is 6.65. The molecule has 1 N–H and O–H groups in total. The summed E-state index contributed by atoms with van der Waals surface area (Å²) in [5.41, 5.74) is 0. The molecular formula is C14H27NO2. The monoisotopic (exact) mass is 241 g/mol. The minimum Gasteiger partial charge on any atom is -0.356 e. The average molecular weight is 241 g/mol. The molecule has 0 aromatic carbocycles. The van der Waals surface area contributed by atoms with Gasteiger partial charge in [0, 0.05) is 25.3 Å². The zero-order valence-corrected chi connectivity index (χ0v) is 11.6. The van der Waals surface area contributed by atoms with Crippen molar-refractivity contribution in [3.63, 3.8) is 0 Å². The van der Waals surface area contributed by atoms with E-state index in [0.717, 1.165) is 45.1 Å². The molecule has 0 saturated heterocycles. The van der Waals surface area contributed by atoms with Crippen LogP contribution in [0.15, 0.2) is 0 Å². The van der Waals surface area contributed by atoms with Crippen LogP contribution in [0.5, 0.6) is 0 Å². The first-order valence-electron chi connectivity index (χ1n) is 6.91. The van der Waals surface area contributed by atoms with Gasteiger partial charge in [0.15, 0.2) is 0 Å². The highest BCUT2D eigenvalue weighted by molar-refractivity contribution is 5.78. The molecular weight excluding hydrogens is 214 g/mol. The first-order chi connectivity index (χ1) is 8.11. The lowest BCUT2D eigenvalue weighted by molar-refractivity contribution is -0.124. The lowest BCUT2D eigenvalue weighted by Gasteiger charge is -2.09. The summed E-state index contributed by atoms with van der Waals surface area (Å²) in [4.78, 5) is 22.5. The zero-order chi connectivity index (χ0) is 13.1. The van der Waals surface area contributed by atoms with Crippen LogP contribution in [0.25, 0.3) is 0 Å². The van der Waals surface area contributed by atoms with Gasteiger partial charge in [-0.1, -0.05) is 33.6 Å². The maximum Gasteiger partial charge on any atom is 0.222 e. The second kappa shape index (κ2) is 10.3. The first-order valence-corrected chi connectivity index (χ1v) is 6.91. The van der Waals surface area contributed by atoms with E-state index in [1.54, 1.807) is 0 Å². The van der Waals surface area contributed by atoms with E-state index in [1.165, 1.54) is 0 Å². The molecule has 100 valence electrons. The quantitative estimate of drug-likeness (QED) is 0.597. The lowest BCUT2D eigenvalue weighted by atomic mass is 10.1. The molecule has 0 spiro atoms. The maximum atomic E-state index is 11.4. The largest absolute Gasteiger partial charge is 0.356 e. The van der Waals surface area contributed by atoms with Crippen molar-refractivity contribution < 1.29 is 9.59 Å². The summed E-state index contributed by atoms with van der Waals surface area (Å²) in [5.74, 6) is 0.640. The molecule has 0 aliphatic heterocycles. The predicted molar refractivity (Wildman–Crippen MR) is 70.8 cm³/mol. The van der Waals surface area contributed by atoms with E-state index in [-0.39, 0.29) is 11.8 Å². The fourth-order valence-corrected chi connectivity index (χ4v) is 1.55. The van der Waals surface area contributed by atoms with Crippen molar-refractivity contribution in [3.8, 4) is 0 Å². The Hall–Kier alpha value is -0.860. The first kappa shape index (κ1) is 16.1. The molecule has 0 saturated carbocycles. The Bertz CT molecular complexity index is 226. The van der Waals surface area contributed by atoms with Gasteiger partial charge in [-0.15, -0.1) is 0 Å². The summed E-state index contributed by atoms with van der Waals surface area (Å²) in [6.07, 6.45) is 6.46. The SMILES string of the molecule is CCC(=O)CCCCCCNC(=O)C(C)CC. The highest BCUT2D eigenvalue weighted by Crippen LogP contribution is 2.05. The molecule has 3 heteroatoms. The van der Waals surface area contributed by atoms with Crippen LogP contribution < -0.4 is 5.32 Å². The molecule has 0 aliphatic carbocycles. The maximum absolute atomic E-state index is 11.4. The van der Waals surface area contributed by atoms with Crippen LogP contribution in [0.3, 0.4) is 0 Å². The summed E-state index contributed by atoms with van der Waals surface area (Å²) in [5, 5.41) is 2.94. The van der Waals surface area contributed by atoms with Crippen molar-refractivity contribution in [2.45, 2.75) is 65.7 Å². The van der Waals surface area contributed by atoms with E-state index in [0.29, 0.717) is 12.2 Å². The van der Waals surface area contributed by atoms with Gasteiger partial charge in [-0.3, -0.25) is 9.59 Å². The minimum absolute atomic E-state index is 0.122. The normalized spacial score (nSPS) is 12.2. The molecule has 0 aliphatic rings. The van der Waals surface area contributed by atoms with Crippen molar-refractivity contribution >= 4 is 11.7 Å². The van der Waals surface area contributed by atoms with Crippen LogP contribution in [0.4, 0.5) is 0 Å². The third-order valence-corrected chi connectivity index (χ3v) is 3.14. The zero-order valence-electron chi connectivity index (χ0n) is 11.6. The number of rotatable bonds is 10. The van der Waals surface area contributed by atoms with Crippen LogP contribution in [0.2, 0.25) is 0 Å². The summed E-state index contributed by atoms with van der Waals surface area (Å²) in [6, 6.07) is 0. The molecule has 0 bridgehead atoms. The van der Waals surface area contributed by atoms with E-state index in [9.17, 15) is 9.59 Å². The van der Waals surface area contributed by atoms with E-state index >= 15 is 0 Å². The molecule has 0 aromatic heterocycles. The Morgan fingerprint density at radius 2 is 1.71 bits per heavy atom. The standard InChI is InChI=1S/C14H27NO2/c1-4-12(3)14(17)15-11-9-7-6-8-10-13(16)5-2/h12H,4-11H2,1-3H3,(H,15,17). The molecule has 17 heavy (non-hydrogen) atoms. The minimum atomic E-state index is 0.122. The molecule has 0 rings (SSSR count). The molecule has 0 aromatic rings. The number of unbranched alkanes of at least 4 members (excludes halogenated alkanes) is 3. The van der Waals surface area contributed by atoms with Gasteiger partial charge in [-0.2, -0.15) is 0 Å². The lowest BCUT2D eigenvalue weighted by Crippen LogP contribution is -2.29. The number of carbonyl (C=O) groups excluding carboxylic acids is 2. The van der Waals surface area contributed by atoms with Gasteiger partial charge in [-0.05, 0) is 19.3 Å². The van der Waals surface area contributed by atoms with Gasteiger partial charge in [0.25, 0.3) is 0 Å². The van der Waals surface area contributed by atoms with Crippen LogP contribution in [0.1, 0.15) is 65.7 Å². The third kappa shape index (κ3) is 8.90. The number of hydrogen-bond acceptors (Lipinski definition) is 2. The van der Waals surface area contributed by atoms with Crippen molar-refractivity contribution in [1.29, 1.82) is 0 Å². The van der Waals surface area contributed by atoms with E-state index < -0.39 is 0 Å². The molecule has 0 radical (unpaired) electrons. The fraction of sp³-hybridized carbons (Fsp3) is 0.857. The van der Waals surface area contributed by atoms with Crippen molar-refractivity contribution in [2.75, 3.05) is 6.54 Å². The number of amides is 1. The van der Waals surface area contributed by atoms with Crippen LogP contribution in [-0.4, -0.2) is 18.2 Å². The Balaban J connectivity index is 3.29. The highest BCUT2D eigenvalue weighted by atomic mass is 16.1. The Kier molecular flexibility index (Phi) is 9.78. The van der Waals surface area contributed by atoms with Gasteiger partial charge in [0.2, 0.25) is 5.91 Å². The van der Waals surface area contributed by atoms with E-state index in [1.807, 2.05) is 20.8 Å². The van der Waals surface area contributed by atoms with Crippen molar-refractivity contribution in [1.82, 2.24) is 5.32 Å². The predicted octanol–water partition coefficient (Wildman–Crippen LogP) is 3.08.